The zero-order valence-electron chi connectivity index (χ0n) is 15.9. The Hall–Kier alpha value is -1.59. The minimum atomic E-state index is -0.532. The van der Waals surface area contributed by atoms with E-state index in [9.17, 15) is 9.59 Å². The number of nitrogens with zero attached hydrogens (tertiary/aromatic N) is 1. The van der Waals surface area contributed by atoms with E-state index in [4.69, 9.17) is 17.3 Å². The van der Waals surface area contributed by atoms with Crippen LogP contribution < -0.4 is 11.1 Å². The molecule has 0 aliphatic carbocycles. The third-order valence-corrected chi connectivity index (χ3v) is 5.64. The van der Waals surface area contributed by atoms with Crippen LogP contribution >= 0.6 is 11.6 Å². The summed E-state index contributed by atoms with van der Waals surface area (Å²) in [7, 11) is 0. The Labute approximate surface area is 161 Å². The summed E-state index contributed by atoms with van der Waals surface area (Å²) < 4.78 is 0. The van der Waals surface area contributed by atoms with Gasteiger partial charge in [0.1, 0.15) is 6.04 Å². The second-order valence-electron chi connectivity index (χ2n) is 7.39. The van der Waals surface area contributed by atoms with Gasteiger partial charge in [-0.3, -0.25) is 9.59 Å². The number of carbonyl (C=O) groups is 2. The molecule has 144 valence electrons. The molecule has 4 unspecified atom stereocenters. The van der Waals surface area contributed by atoms with Gasteiger partial charge < -0.3 is 16.0 Å². The predicted molar refractivity (Wildman–Crippen MR) is 105 cm³/mol. The van der Waals surface area contributed by atoms with Crippen molar-refractivity contribution in [3.05, 3.63) is 34.9 Å². The third-order valence-electron chi connectivity index (χ3n) is 5.39. The van der Waals surface area contributed by atoms with E-state index < -0.39 is 6.04 Å². The van der Waals surface area contributed by atoms with Crippen molar-refractivity contribution in [2.75, 3.05) is 13.1 Å². The second-order valence-corrected chi connectivity index (χ2v) is 7.83. The molecule has 1 aromatic carbocycles. The van der Waals surface area contributed by atoms with E-state index in [1.54, 1.807) is 24.3 Å². The number of nitrogens with one attached hydrogen (secondary N) is 1. The monoisotopic (exact) mass is 379 g/mol. The number of rotatable bonds is 6. The number of benzene rings is 1. The van der Waals surface area contributed by atoms with Crippen LogP contribution in [0.25, 0.3) is 0 Å². The van der Waals surface area contributed by atoms with Gasteiger partial charge in [0.2, 0.25) is 5.91 Å². The zero-order chi connectivity index (χ0) is 19.3. The topological polar surface area (TPSA) is 75.4 Å². The number of hydrogen-bond acceptors (Lipinski definition) is 3. The molecule has 3 N–H and O–H groups in total. The van der Waals surface area contributed by atoms with Crippen LogP contribution in [0.2, 0.25) is 5.02 Å². The van der Waals surface area contributed by atoms with Crippen molar-refractivity contribution >= 4 is 23.4 Å². The molecular weight excluding hydrogens is 350 g/mol. The quantitative estimate of drug-likeness (QED) is 0.797. The van der Waals surface area contributed by atoms with Crippen LogP contribution in [0.4, 0.5) is 0 Å². The van der Waals surface area contributed by atoms with E-state index in [2.05, 4.69) is 5.32 Å². The van der Waals surface area contributed by atoms with Crippen molar-refractivity contribution in [1.29, 1.82) is 0 Å². The number of carbonyl (C=O) groups excluding carboxylic acids is 2. The van der Waals surface area contributed by atoms with Crippen molar-refractivity contribution < 1.29 is 9.59 Å². The van der Waals surface area contributed by atoms with Crippen molar-refractivity contribution in [1.82, 2.24) is 10.2 Å². The molecular formula is C20H30ClN3O2. The molecule has 2 rings (SSSR count). The average molecular weight is 380 g/mol. The molecule has 0 radical (unpaired) electrons. The molecule has 2 amide bonds. The summed E-state index contributed by atoms with van der Waals surface area (Å²) in [6.07, 6.45) is 2.81. The Morgan fingerprint density at radius 2 is 1.96 bits per heavy atom. The van der Waals surface area contributed by atoms with E-state index in [0.717, 1.165) is 25.8 Å². The Bertz CT molecular complexity index is 618. The molecule has 0 aromatic heterocycles. The fourth-order valence-corrected chi connectivity index (χ4v) is 3.47. The molecule has 0 saturated carbocycles. The van der Waals surface area contributed by atoms with Crippen LogP contribution in [0, 0.1) is 11.8 Å². The lowest BCUT2D eigenvalue weighted by Crippen LogP contribution is -2.55. The van der Waals surface area contributed by atoms with Crippen LogP contribution in [0.15, 0.2) is 24.3 Å². The molecule has 4 atom stereocenters. The largest absolute Gasteiger partial charge is 0.341 e. The first-order valence-corrected chi connectivity index (χ1v) is 9.82. The number of hydrogen-bond donors (Lipinski definition) is 2. The summed E-state index contributed by atoms with van der Waals surface area (Å²) in [6, 6.07) is 6.22. The van der Waals surface area contributed by atoms with E-state index in [0.29, 0.717) is 23.0 Å². The summed E-state index contributed by atoms with van der Waals surface area (Å²) in [5.41, 5.74) is 6.54. The van der Waals surface area contributed by atoms with Gasteiger partial charge in [-0.2, -0.15) is 0 Å². The molecule has 0 bridgehead atoms. The lowest BCUT2D eigenvalue weighted by atomic mass is 9.90. The molecule has 6 heteroatoms. The van der Waals surface area contributed by atoms with Crippen LogP contribution in [-0.2, 0) is 4.79 Å². The number of piperidine rings is 1. The Balaban J connectivity index is 2.12. The normalized spacial score (nSPS) is 21.0. The number of amides is 2. The van der Waals surface area contributed by atoms with Gasteiger partial charge in [-0.25, -0.2) is 0 Å². The number of halogens is 1. The van der Waals surface area contributed by atoms with Gasteiger partial charge in [0.05, 0.1) is 0 Å². The van der Waals surface area contributed by atoms with E-state index in [1.165, 1.54) is 0 Å². The third kappa shape index (κ3) is 5.21. The molecule has 5 nitrogen and oxygen atoms in total. The lowest BCUT2D eigenvalue weighted by molar-refractivity contribution is -0.136. The summed E-state index contributed by atoms with van der Waals surface area (Å²) in [6.45, 7) is 7.41. The molecule has 1 aliphatic rings. The van der Waals surface area contributed by atoms with Crippen LogP contribution in [0.1, 0.15) is 50.4 Å². The lowest BCUT2D eigenvalue weighted by Gasteiger charge is -2.37. The smallest absolute Gasteiger partial charge is 0.251 e. The number of likely N-dealkylation sites (tertiary alicyclic amines) is 1. The maximum Gasteiger partial charge on any atom is 0.251 e. The summed E-state index contributed by atoms with van der Waals surface area (Å²) in [5.74, 6) is 0.111. The van der Waals surface area contributed by atoms with Gasteiger partial charge in [0.25, 0.3) is 5.91 Å². The van der Waals surface area contributed by atoms with Crippen LogP contribution in [0.5, 0.6) is 0 Å². The zero-order valence-corrected chi connectivity index (χ0v) is 16.6. The highest BCUT2D eigenvalue weighted by Crippen LogP contribution is 2.21. The first kappa shape index (κ1) is 20.7. The van der Waals surface area contributed by atoms with Crippen molar-refractivity contribution in [3.8, 4) is 0 Å². The maximum absolute atomic E-state index is 13.1. The summed E-state index contributed by atoms with van der Waals surface area (Å²) in [5, 5.41) is 3.52. The first-order chi connectivity index (χ1) is 12.3. The summed E-state index contributed by atoms with van der Waals surface area (Å²) in [4.78, 5) is 27.6. The van der Waals surface area contributed by atoms with Crippen molar-refractivity contribution in [3.63, 3.8) is 0 Å². The van der Waals surface area contributed by atoms with Gasteiger partial charge in [-0.15, -0.1) is 0 Å². The highest BCUT2D eigenvalue weighted by molar-refractivity contribution is 6.30. The van der Waals surface area contributed by atoms with Gasteiger partial charge in [0.15, 0.2) is 0 Å². The van der Waals surface area contributed by atoms with Crippen LogP contribution in [0.3, 0.4) is 0 Å². The predicted octanol–water partition coefficient (Wildman–Crippen LogP) is 3.07. The Morgan fingerprint density at radius 3 is 2.54 bits per heavy atom. The fourth-order valence-electron chi connectivity index (χ4n) is 3.34. The SMILES string of the molecule is CCC(C)C(NC(=O)c1ccc(Cl)cc1)C(=O)N1CCCC(C(C)N)C1. The molecule has 1 aromatic rings. The van der Waals surface area contributed by atoms with Gasteiger partial charge in [-0.1, -0.05) is 31.9 Å². The molecule has 1 fully saturated rings. The standard InChI is InChI=1S/C20H30ClN3O2/c1-4-13(2)18(23-19(25)15-7-9-17(21)10-8-15)20(26)24-11-5-6-16(12-24)14(3)22/h7-10,13-14,16,18H,4-6,11-12,22H2,1-3H3,(H,23,25). The van der Waals surface area contributed by atoms with Crippen LogP contribution in [-0.4, -0.2) is 41.9 Å². The van der Waals surface area contributed by atoms with E-state index in [-0.39, 0.29) is 23.8 Å². The maximum atomic E-state index is 13.1. The van der Waals surface area contributed by atoms with Gasteiger partial charge in [0, 0.05) is 29.7 Å². The minimum absolute atomic E-state index is 0.00739. The Morgan fingerprint density at radius 1 is 1.31 bits per heavy atom. The molecule has 1 saturated heterocycles. The molecule has 26 heavy (non-hydrogen) atoms. The Kier molecular flexibility index (Phi) is 7.47. The number of nitrogens with two attached hydrogens (primary N) is 1. The van der Waals surface area contributed by atoms with E-state index in [1.807, 2.05) is 25.7 Å². The summed E-state index contributed by atoms with van der Waals surface area (Å²) >= 11 is 5.88. The second kappa shape index (κ2) is 9.38. The molecule has 1 heterocycles. The van der Waals surface area contributed by atoms with Gasteiger partial charge >= 0.3 is 0 Å². The van der Waals surface area contributed by atoms with Gasteiger partial charge in [-0.05, 0) is 55.9 Å². The van der Waals surface area contributed by atoms with Crippen molar-refractivity contribution in [2.24, 2.45) is 17.6 Å². The molecule has 0 spiro atoms. The minimum Gasteiger partial charge on any atom is -0.341 e. The fraction of sp³-hybridized carbons (Fsp3) is 0.600. The highest BCUT2D eigenvalue weighted by atomic mass is 35.5. The average Bonchev–Trinajstić information content (AvgIpc) is 2.65. The highest BCUT2D eigenvalue weighted by Gasteiger charge is 2.33. The molecule has 1 aliphatic heterocycles. The van der Waals surface area contributed by atoms with Crippen molar-refractivity contribution in [2.45, 2.75) is 52.1 Å². The van der Waals surface area contributed by atoms with E-state index >= 15 is 0 Å². The first-order valence-electron chi connectivity index (χ1n) is 9.44.